The Kier molecular flexibility index (Phi) is 6.05. The molecular weight excluding hydrogens is 362 g/mol. The molecule has 1 aromatic heterocycles. The molecule has 1 N–H and O–H groups in total. The third-order valence-corrected chi connectivity index (χ3v) is 7.54. The third-order valence-electron chi connectivity index (χ3n) is 5.48. The monoisotopic (exact) mass is 389 g/mol. The number of aryl methyl sites for hydroxylation is 2. The lowest BCUT2D eigenvalue weighted by atomic mass is 9.89. The molecule has 1 amide bonds. The van der Waals surface area contributed by atoms with Gasteiger partial charge in [-0.1, -0.05) is 25.3 Å². The molecule has 0 bridgehead atoms. The summed E-state index contributed by atoms with van der Waals surface area (Å²) in [6.07, 6.45) is 6.49. The van der Waals surface area contributed by atoms with Crippen LogP contribution in [0.15, 0.2) is 45.9 Å². The van der Waals surface area contributed by atoms with E-state index in [9.17, 15) is 13.2 Å². The van der Waals surface area contributed by atoms with Crippen molar-refractivity contribution in [1.82, 2.24) is 5.32 Å². The minimum atomic E-state index is -3.70. The summed E-state index contributed by atoms with van der Waals surface area (Å²) in [4.78, 5) is 12.7. The highest BCUT2D eigenvalue weighted by Crippen LogP contribution is 2.30. The summed E-state index contributed by atoms with van der Waals surface area (Å²) < 4.78 is 31.9. The van der Waals surface area contributed by atoms with Crippen LogP contribution >= 0.6 is 0 Å². The quantitative estimate of drug-likeness (QED) is 0.807. The molecule has 2 aromatic rings. The van der Waals surface area contributed by atoms with Crippen molar-refractivity contribution in [2.45, 2.75) is 56.1 Å². The Morgan fingerprint density at radius 3 is 2.52 bits per heavy atom. The number of carbonyl (C=O) groups is 1. The van der Waals surface area contributed by atoms with Gasteiger partial charge in [0, 0.05) is 12.5 Å². The Morgan fingerprint density at radius 2 is 1.89 bits per heavy atom. The van der Waals surface area contributed by atoms with Crippen LogP contribution in [0.4, 0.5) is 0 Å². The number of carbonyl (C=O) groups excluding carboxylic acids is 1. The molecule has 0 saturated heterocycles. The fourth-order valence-corrected chi connectivity index (χ4v) is 5.27. The van der Waals surface area contributed by atoms with Gasteiger partial charge in [0.2, 0.25) is 5.91 Å². The van der Waals surface area contributed by atoms with Crippen LogP contribution in [0.25, 0.3) is 0 Å². The number of benzene rings is 1. The molecule has 0 radical (unpaired) electrons. The Morgan fingerprint density at radius 1 is 1.15 bits per heavy atom. The molecular formula is C21H27NO4S. The lowest BCUT2D eigenvalue weighted by molar-refractivity contribution is -0.125. The molecule has 5 nitrogen and oxygen atoms in total. The van der Waals surface area contributed by atoms with Gasteiger partial charge in [0.1, 0.15) is 11.0 Å². The zero-order chi connectivity index (χ0) is 19.4. The summed E-state index contributed by atoms with van der Waals surface area (Å²) in [6, 6.07) is 8.43. The summed E-state index contributed by atoms with van der Waals surface area (Å²) in [5, 5.41) is 1.92. The predicted molar refractivity (Wildman–Crippen MR) is 104 cm³/mol. The van der Waals surface area contributed by atoms with Crippen molar-refractivity contribution in [3.05, 3.63) is 53.5 Å². The van der Waals surface area contributed by atoms with Gasteiger partial charge < -0.3 is 9.73 Å². The van der Waals surface area contributed by atoms with E-state index < -0.39 is 15.1 Å². The van der Waals surface area contributed by atoms with Crippen molar-refractivity contribution in [1.29, 1.82) is 0 Å². The van der Waals surface area contributed by atoms with Crippen LogP contribution in [0.1, 0.15) is 54.2 Å². The number of furan rings is 1. The second kappa shape index (κ2) is 8.30. The van der Waals surface area contributed by atoms with E-state index in [1.165, 1.54) is 12.7 Å². The van der Waals surface area contributed by atoms with Gasteiger partial charge in [-0.2, -0.15) is 0 Å². The molecule has 1 saturated carbocycles. The Hall–Kier alpha value is -2.08. The van der Waals surface area contributed by atoms with Crippen molar-refractivity contribution in [3.8, 4) is 0 Å². The van der Waals surface area contributed by atoms with Gasteiger partial charge in [0.05, 0.1) is 11.2 Å². The lowest BCUT2D eigenvalue weighted by Gasteiger charge is -2.22. The second-order valence-electron chi connectivity index (χ2n) is 7.38. The van der Waals surface area contributed by atoms with Gasteiger partial charge in [-0.05, 0) is 62.1 Å². The number of hydrogen-bond acceptors (Lipinski definition) is 4. The summed E-state index contributed by atoms with van der Waals surface area (Å²) in [7, 11) is -3.70. The molecule has 6 heteroatoms. The van der Waals surface area contributed by atoms with Crippen molar-refractivity contribution >= 4 is 15.7 Å². The number of nitrogens with one attached hydrogen (secondary N) is 1. The number of amides is 1. The van der Waals surface area contributed by atoms with Crippen LogP contribution in [0, 0.1) is 19.8 Å². The molecule has 0 spiro atoms. The summed E-state index contributed by atoms with van der Waals surface area (Å²) in [6.45, 7) is 3.85. The van der Waals surface area contributed by atoms with Gasteiger partial charge in [0.25, 0.3) is 0 Å². The first-order chi connectivity index (χ1) is 12.9. The van der Waals surface area contributed by atoms with Crippen LogP contribution < -0.4 is 5.32 Å². The Balaban J connectivity index is 1.83. The minimum absolute atomic E-state index is 0.0120. The first-order valence-corrected chi connectivity index (χ1v) is 11.1. The normalized spacial score (nSPS) is 16.8. The fraction of sp³-hybridized carbons (Fsp3) is 0.476. The Bertz CT molecular complexity index is 881. The maximum Gasteiger partial charge on any atom is 0.223 e. The first-order valence-electron chi connectivity index (χ1n) is 9.52. The fourth-order valence-electron chi connectivity index (χ4n) is 3.60. The van der Waals surface area contributed by atoms with E-state index in [1.807, 2.05) is 19.9 Å². The highest BCUT2D eigenvalue weighted by atomic mass is 32.2. The van der Waals surface area contributed by atoms with E-state index >= 15 is 0 Å². The van der Waals surface area contributed by atoms with Gasteiger partial charge in [0.15, 0.2) is 9.84 Å². The smallest absolute Gasteiger partial charge is 0.223 e. The average molecular weight is 390 g/mol. The van der Waals surface area contributed by atoms with E-state index in [0.29, 0.717) is 5.76 Å². The molecule has 1 atom stereocenters. The zero-order valence-electron chi connectivity index (χ0n) is 15.9. The summed E-state index contributed by atoms with van der Waals surface area (Å²) in [5.74, 6) is 0.277. The molecule has 1 aliphatic rings. The largest absolute Gasteiger partial charge is 0.468 e. The molecule has 27 heavy (non-hydrogen) atoms. The van der Waals surface area contributed by atoms with Crippen LogP contribution in [0.2, 0.25) is 0 Å². The highest BCUT2D eigenvalue weighted by Gasteiger charge is 2.33. The van der Waals surface area contributed by atoms with Crippen LogP contribution in [0.5, 0.6) is 0 Å². The minimum Gasteiger partial charge on any atom is -0.468 e. The molecule has 0 unspecified atom stereocenters. The van der Waals surface area contributed by atoms with E-state index in [1.54, 1.807) is 24.3 Å². The molecule has 1 heterocycles. The van der Waals surface area contributed by atoms with Gasteiger partial charge in [-0.3, -0.25) is 4.79 Å². The second-order valence-corrected chi connectivity index (χ2v) is 9.51. The van der Waals surface area contributed by atoms with Crippen LogP contribution in [-0.2, 0) is 14.6 Å². The molecule has 146 valence electrons. The van der Waals surface area contributed by atoms with E-state index in [2.05, 4.69) is 5.32 Å². The van der Waals surface area contributed by atoms with Crippen LogP contribution in [-0.4, -0.2) is 20.9 Å². The maximum absolute atomic E-state index is 13.3. The van der Waals surface area contributed by atoms with Crippen molar-refractivity contribution < 1.29 is 17.6 Å². The summed E-state index contributed by atoms with van der Waals surface area (Å²) in [5.41, 5.74) is 1.95. The van der Waals surface area contributed by atoms with Crippen LogP contribution in [0.3, 0.4) is 0 Å². The standard InChI is InChI=1S/C21H27NO4S/c1-15-10-11-18(13-16(15)2)27(24,25)20(19-9-6-12-26-19)14-22-21(23)17-7-4-3-5-8-17/h6,9-13,17,20H,3-5,7-8,14H2,1-2H3,(H,22,23)/t20-/m1/s1. The number of sulfone groups is 1. The van der Waals surface area contributed by atoms with Gasteiger partial charge >= 0.3 is 0 Å². The van der Waals surface area contributed by atoms with E-state index in [4.69, 9.17) is 4.42 Å². The zero-order valence-corrected chi connectivity index (χ0v) is 16.7. The topological polar surface area (TPSA) is 76.4 Å². The molecule has 3 rings (SSSR count). The highest BCUT2D eigenvalue weighted by molar-refractivity contribution is 7.91. The van der Waals surface area contributed by atoms with Gasteiger partial charge in [-0.25, -0.2) is 8.42 Å². The maximum atomic E-state index is 13.3. The molecule has 1 aliphatic carbocycles. The molecule has 0 aliphatic heterocycles. The SMILES string of the molecule is Cc1ccc(S(=O)(=O)[C@H](CNC(=O)C2CCCCC2)c2ccco2)cc1C. The predicted octanol–water partition coefficient (Wildman–Crippen LogP) is 4.11. The number of hydrogen-bond donors (Lipinski definition) is 1. The lowest BCUT2D eigenvalue weighted by Crippen LogP contribution is -2.36. The average Bonchev–Trinajstić information content (AvgIpc) is 3.18. The van der Waals surface area contributed by atoms with E-state index in [-0.39, 0.29) is 23.3 Å². The first kappa shape index (κ1) is 19.7. The van der Waals surface area contributed by atoms with Gasteiger partial charge in [-0.15, -0.1) is 0 Å². The van der Waals surface area contributed by atoms with Crippen molar-refractivity contribution in [2.24, 2.45) is 5.92 Å². The molecule has 1 fully saturated rings. The Labute approximate surface area is 161 Å². The van der Waals surface area contributed by atoms with Crippen molar-refractivity contribution in [2.75, 3.05) is 6.54 Å². The molecule has 1 aromatic carbocycles. The van der Waals surface area contributed by atoms with Crippen molar-refractivity contribution in [3.63, 3.8) is 0 Å². The van der Waals surface area contributed by atoms with E-state index in [0.717, 1.165) is 36.8 Å². The number of rotatable bonds is 6. The third kappa shape index (κ3) is 4.43. The summed E-state index contributed by atoms with van der Waals surface area (Å²) >= 11 is 0.